The van der Waals surface area contributed by atoms with Gasteiger partial charge in [0.2, 0.25) is 5.95 Å². The van der Waals surface area contributed by atoms with Crippen molar-refractivity contribution in [2.24, 2.45) is 7.05 Å². The first-order valence-corrected chi connectivity index (χ1v) is 12.6. The summed E-state index contributed by atoms with van der Waals surface area (Å²) in [6.07, 6.45) is 5.69. The van der Waals surface area contributed by atoms with E-state index in [1.165, 1.54) is 39.3 Å². The fourth-order valence-electron chi connectivity index (χ4n) is 5.67. The molecule has 1 spiro atoms. The largest absolute Gasteiger partial charge is 0.324 e. The van der Waals surface area contributed by atoms with Gasteiger partial charge in [0.15, 0.2) is 11.5 Å². The molecule has 5 aromatic rings. The molecule has 5 heterocycles. The maximum Gasteiger partial charge on any atom is 0.277 e. The summed E-state index contributed by atoms with van der Waals surface area (Å²) < 4.78 is 4.54. The molecule has 0 bridgehead atoms. The number of likely N-dealkylation sites (N-methyl/N-ethyl adjacent to an activating group) is 1. The molecule has 0 radical (unpaired) electrons. The summed E-state index contributed by atoms with van der Waals surface area (Å²) in [7, 11) is 3.83. The predicted molar refractivity (Wildman–Crippen MR) is 144 cm³/mol. The molecule has 190 valence electrons. The zero-order chi connectivity index (χ0) is 26.0. The fraction of sp³-hybridized carbons (Fsp3) is 0.250. The van der Waals surface area contributed by atoms with Gasteiger partial charge in [-0.25, -0.2) is 19.3 Å². The van der Waals surface area contributed by atoms with Crippen LogP contribution in [-0.4, -0.2) is 47.4 Å². The highest BCUT2D eigenvalue weighted by Gasteiger charge is 2.48. The van der Waals surface area contributed by atoms with Gasteiger partial charge in [-0.05, 0) is 61.3 Å². The first-order chi connectivity index (χ1) is 18.4. The summed E-state index contributed by atoms with van der Waals surface area (Å²) >= 11 is 0. The standard InChI is InChI=1S/C28H26N8O2/c1-33-16-18-14-19(9-10-21(18)28(17-33)11-12-28)30-27-29-15-20-25(32-27)36(34(2)26(20)38)23-7-5-6-22(31-23)35-13-4-3-8-24(35)37/h3-10,13-15H,11-12,16-17H2,1-2H3,(H,29,30,32). The molecule has 1 aromatic carbocycles. The molecule has 10 heteroatoms. The van der Waals surface area contributed by atoms with Crippen LogP contribution in [0.3, 0.4) is 0 Å². The third kappa shape index (κ3) is 3.56. The maximum absolute atomic E-state index is 13.0. The Morgan fingerprint density at radius 2 is 1.79 bits per heavy atom. The van der Waals surface area contributed by atoms with E-state index in [0.29, 0.717) is 34.0 Å². The highest BCUT2D eigenvalue weighted by atomic mass is 16.1. The van der Waals surface area contributed by atoms with Crippen molar-refractivity contribution in [1.29, 1.82) is 0 Å². The van der Waals surface area contributed by atoms with Crippen molar-refractivity contribution in [3.8, 4) is 11.6 Å². The van der Waals surface area contributed by atoms with Crippen LogP contribution in [0.1, 0.15) is 24.0 Å². The van der Waals surface area contributed by atoms with E-state index in [9.17, 15) is 9.59 Å². The zero-order valence-electron chi connectivity index (χ0n) is 21.1. The summed E-state index contributed by atoms with van der Waals surface area (Å²) in [6, 6.07) is 16.7. The van der Waals surface area contributed by atoms with E-state index in [1.54, 1.807) is 54.5 Å². The summed E-state index contributed by atoms with van der Waals surface area (Å²) in [5.41, 5.74) is 4.01. The lowest BCUT2D eigenvalue weighted by molar-refractivity contribution is 0.271. The first-order valence-electron chi connectivity index (χ1n) is 12.6. The molecule has 4 aromatic heterocycles. The Kier molecular flexibility index (Phi) is 4.89. The van der Waals surface area contributed by atoms with Gasteiger partial charge in [0.25, 0.3) is 11.1 Å². The van der Waals surface area contributed by atoms with Crippen LogP contribution in [-0.2, 0) is 19.0 Å². The molecule has 38 heavy (non-hydrogen) atoms. The van der Waals surface area contributed by atoms with Crippen LogP contribution in [0.5, 0.6) is 0 Å². The van der Waals surface area contributed by atoms with Gasteiger partial charge in [0.05, 0.1) is 0 Å². The molecule has 10 nitrogen and oxygen atoms in total. The lowest BCUT2D eigenvalue weighted by Crippen LogP contribution is -2.35. The second-order valence-electron chi connectivity index (χ2n) is 10.3. The van der Waals surface area contributed by atoms with Crippen molar-refractivity contribution in [1.82, 2.24) is 33.8 Å². The molecule has 1 N–H and O–H groups in total. The molecular formula is C28H26N8O2. The molecule has 1 aliphatic carbocycles. The van der Waals surface area contributed by atoms with Gasteiger partial charge in [-0.3, -0.25) is 14.2 Å². The van der Waals surface area contributed by atoms with Gasteiger partial charge in [-0.2, -0.15) is 4.98 Å². The Morgan fingerprint density at radius 3 is 2.61 bits per heavy atom. The Morgan fingerprint density at radius 1 is 0.947 bits per heavy atom. The van der Waals surface area contributed by atoms with E-state index in [-0.39, 0.29) is 11.1 Å². The molecular weight excluding hydrogens is 480 g/mol. The summed E-state index contributed by atoms with van der Waals surface area (Å²) in [6.45, 7) is 2.03. The quantitative estimate of drug-likeness (QED) is 0.400. The van der Waals surface area contributed by atoms with Crippen LogP contribution < -0.4 is 16.4 Å². The van der Waals surface area contributed by atoms with Crippen LogP contribution >= 0.6 is 0 Å². The summed E-state index contributed by atoms with van der Waals surface area (Å²) in [4.78, 5) is 41.6. The molecule has 0 atom stereocenters. The number of nitrogens with zero attached hydrogens (tertiary/aromatic N) is 7. The lowest BCUT2D eigenvalue weighted by atomic mass is 9.87. The average molecular weight is 507 g/mol. The van der Waals surface area contributed by atoms with E-state index in [2.05, 4.69) is 45.4 Å². The Labute approximate surface area is 217 Å². The minimum Gasteiger partial charge on any atom is -0.324 e. The number of aromatic nitrogens is 6. The topological polar surface area (TPSA) is 103 Å². The van der Waals surface area contributed by atoms with Gasteiger partial charge >= 0.3 is 0 Å². The first kappa shape index (κ1) is 22.6. The molecule has 0 unspecified atom stereocenters. The second kappa shape index (κ2) is 8.22. The number of nitrogens with one attached hydrogen (secondary N) is 1. The van der Waals surface area contributed by atoms with Crippen molar-refractivity contribution in [2.45, 2.75) is 24.8 Å². The van der Waals surface area contributed by atoms with E-state index in [1.807, 2.05) is 0 Å². The number of rotatable bonds is 4. The van der Waals surface area contributed by atoms with Gasteiger partial charge in [-0.15, -0.1) is 0 Å². The highest BCUT2D eigenvalue weighted by molar-refractivity contribution is 5.77. The SMILES string of the molecule is CN1Cc2cc(Nc3ncc4c(=O)n(C)n(-c5cccc(-n6ccccc6=O)n5)c4n3)ccc2C2(CC2)C1. The average Bonchev–Trinajstić information content (AvgIpc) is 3.62. The Hall–Kier alpha value is -4.57. The fourth-order valence-corrected chi connectivity index (χ4v) is 5.67. The third-order valence-electron chi connectivity index (χ3n) is 7.60. The molecule has 1 saturated carbocycles. The van der Waals surface area contributed by atoms with Crippen molar-refractivity contribution in [3.63, 3.8) is 0 Å². The number of anilines is 2. The highest BCUT2D eigenvalue weighted by Crippen LogP contribution is 2.52. The van der Waals surface area contributed by atoms with Crippen molar-refractivity contribution >= 4 is 22.7 Å². The smallest absolute Gasteiger partial charge is 0.277 e. The van der Waals surface area contributed by atoms with Gasteiger partial charge < -0.3 is 10.2 Å². The number of benzene rings is 1. The van der Waals surface area contributed by atoms with Gasteiger partial charge in [0, 0.05) is 49.7 Å². The maximum atomic E-state index is 13.0. The molecule has 0 amide bonds. The van der Waals surface area contributed by atoms with Crippen molar-refractivity contribution in [3.05, 3.63) is 98.8 Å². The number of hydrogen-bond acceptors (Lipinski definition) is 7. The Bertz CT molecular complexity index is 1850. The van der Waals surface area contributed by atoms with Crippen LogP contribution in [0, 0.1) is 0 Å². The lowest BCUT2D eigenvalue weighted by Gasteiger charge is -2.32. The van der Waals surface area contributed by atoms with E-state index in [4.69, 9.17) is 4.98 Å². The van der Waals surface area contributed by atoms with Crippen molar-refractivity contribution < 1.29 is 0 Å². The third-order valence-corrected chi connectivity index (χ3v) is 7.60. The van der Waals surface area contributed by atoms with E-state index < -0.39 is 0 Å². The Balaban J connectivity index is 1.28. The van der Waals surface area contributed by atoms with Gasteiger partial charge in [-0.1, -0.05) is 18.2 Å². The number of hydrogen-bond donors (Lipinski definition) is 1. The van der Waals surface area contributed by atoms with E-state index >= 15 is 0 Å². The number of fused-ring (bicyclic) bond motifs is 3. The van der Waals surface area contributed by atoms with Crippen molar-refractivity contribution in [2.75, 3.05) is 18.9 Å². The zero-order valence-corrected chi connectivity index (χ0v) is 21.1. The predicted octanol–water partition coefficient (Wildman–Crippen LogP) is 2.89. The molecule has 7 rings (SSSR count). The van der Waals surface area contributed by atoms with Crippen LogP contribution in [0.2, 0.25) is 0 Å². The second-order valence-corrected chi connectivity index (χ2v) is 10.3. The summed E-state index contributed by atoms with van der Waals surface area (Å²) in [5, 5.41) is 3.71. The molecule has 0 saturated heterocycles. The van der Waals surface area contributed by atoms with Crippen LogP contribution in [0.15, 0.2) is 76.6 Å². The molecule has 2 aliphatic rings. The monoisotopic (exact) mass is 506 g/mol. The number of pyridine rings is 2. The molecule has 1 aliphatic heterocycles. The minimum absolute atomic E-state index is 0.193. The van der Waals surface area contributed by atoms with Crippen LogP contribution in [0.4, 0.5) is 11.6 Å². The summed E-state index contributed by atoms with van der Waals surface area (Å²) in [5.74, 6) is 1.30. The van der Waals surface area contributed by atoms with Crippen LogP contribution in [0.25, 0.3) is 22.7 Å². The molecule has 1 fully saturated rings. The normalized spacial score (nSPS) is 16.1. The van der Waals surface area contributed by atoms with Gasteiger partial charge in [0.1, 0.15) is 11.2 Å². The minimum atomic E-state index is -0.234. The van der Waals surface area contributed by atoms with E-state index in [0.717, 1.165) is 18.8 Å².